The number of anilines is 1. The molecular weight excluding hydrogens is 394 g/mol. The quantitative estimate of drug-likeness (QED) is 0.207. The van der Waals surface area contributed by atoms with Crippen LogP contribution in [0.15, 0.2) is 71.8 Å². The molecule has 0 aliphatic rings. The molecule has 0 bridgehead atoms. The van der Waals surface area contributed by atoms with Gasteiger partial charge < -0.3 is 9.47 Å². The largest absolute Gasteiger partial charge is 0.490 e. The molecule has 31 heavy (non-hydrogen) atoms. The van der Waals surface area contributed by atoms with E-state index in [0.717, 1.165) is 17.7 Å². The van der Waals surface area contributed by atoms with E-state index in [-0.39, 0.29) is 5.69 Å². The van der Waals surface area contributed by atoms with Crippen molar-refractivity contribution in [3.8, 4) is 11.5 Å². The van der Waals surface area contributed by atoms with E-state index < -0.39 is 4.92 Å². The molecule has 0 aromatic heterocycles. The van der Waals surface area contributed by atoms with Crippen LogP contribution in [0.4, 0.5) is 11.4 Å². The van der Waals surface area contributed by atoms with Gasteiger partial charge in [0.1, 0.15) is 24.7 Å². The first kappa shape index (κ1) is 21.8. The molecule has 0 fully saturated rings. The van der Waals surface area contributed by atoms with E-state index in [1.165, 1.54) is 23.3 Å². The highest BCUT2D eigenvalue weighted by Gasteiger charge is 2.04. The highest BCUT2D eigenvalue weighted by molar-refractivity contribution is 5.84. The van der Waals surface area contributed by atoms with E-state index in [1.54, 1.807) is 18.3 Å². The van der Waals surface area contributed by atoms with Gasteiger partial charge >= 0.3 is 0 Å². The number of nitro groups is 1. The van der Waals surface area contributed by atoms with Crippen LogP contribution in [0.5, 0.6) is 11.5 Å². The van der Waals surface area contributed by atoms with Crippen LogP contribution in [-0.4, -0.2) is 24.4 Å². The number of hydrogen-bond acceptors (Lipinski definition) is 6. The highest BCUT2D eigenvalue weighted by atomic mass is 16.6. The van der Waals surface area contributed by atoms with Crippen molar-refractivity contribution in [1.82, 2.24) is 0 Å². The molecule has 3 aromatic rings. The van der Waals surface area contributed by atoms with Crippen molar-refractivity contribution < 1.29 is 14.4 Å². The summed E-state index contributed by atoms with van der Waals surface area (Å²) >= 11 is 0. The Kier molecular flexibility index (Phi) is 7.59. The molecule has 0 unspecified atom stereocenters. The van der Waals surface area contributed by atoms with Crippen molar-refractivity contribution in [1.29, 1.82) is 0 Å². The van der Waals surface area contributed by atoms with E-state index in [2.05, 4.69) is 36.5 Å². The van der Waals surface area contributed by atoms with E-state index in [9.17, 15) is 10.1 Å². The average Bonchev–Trinajstić information content (AvgIpc) is 2.77. The number of nitrogens with one attached hydrogen (secondary N) is 1. The number of rotatable bonds is 10. The predicted molar refractivity (Wildman–Crippen MR) is 122 cm³/mol. The molecule has 7 heteroatoms. The van der Waals surface area contributed by atoms with Gasteiger partial charge in [0.2, 0.25) is 0 Å². The Morgan fingerprint density at radius 2 is 1.77 bits per heavy atom. The van der Waals surface area contributed by atoms with E-state index in [1.807, 2.05) is 30.3 Å². The normalized spacial score (nSPS) is 10.8. The van der Waals surface area contributed by atoms with Crippen LogP contribution < -0.4 is 14.9 Å². The minimum Gasteiger partial charge on any atom is -0.490 e. The summed E-state index contributed by atoms with van der Waals surface area (Å²) in [5.41, 5.74) is 6.78. The summed E-state index contributed by atoms with van der Waals surface area (Å²) in [6.45, 7) is 5.01. The van der Waals surface area contributed by atoms with Crippen LogP contribution >= 0.6 is 0 Å². The standard InChI is InChI=1S/C24H25N3O4/c1-3-19-14-18(2)15-23(16-19)30-12-13-31-24-7-5-4-6-20(24)17-25-26-21-8-10-22(11-9-21)27(28)29/h4-11,14-17,26H,3,12-13H2,1-2H3. The smallest absolute Gasteiger partial charge is 0.269 e. The second kappa shape index (κ2) is 10.8. The third-order valence-corrected chi connectivity index (χ3v) is 4.52. The molecule has 3 rings (SSSR count). The fraction of sp³-hybridized carbons (Fsp3) is 0.208. The Balaban J connectivity index is 1.53. The zero-order chi connectivity index (χ0) is 22.1. The van der Waals surface area contributed by atoms with Crippen molar-refractivity contribution in [2.45, 2.75) is 20.3 Å². The summed E-state index contributed by atoms with van der Waals surface area (Å²) in [5.74, 6) is 1.54. The van der Waals surface area contributed by atoms with Gasteiger partial charge in [0.25, 0.3) is 5.69 Å². The van der Waals surface area contributed by atoms with Crippen LogP contribution in [0.25, 0.3) is 0 Å². The Labute approximate surface area is 181 Å². The third kappa shape index (κ3) is 6.57. The van der Waals surface area contributed by atoms with Gasteiger partial charge in [-0.2, -0.15) is 5.10 Å². The van der Waals surface area contributed by atoms with Crippen molar-refractivity contribution in [2.24, 2.45) is 5.10 Å². The number of aryl methyl sites for hydroxylation is 2. The SMILES string of the molecule is CCc1cc(C)cc(OCCOc2ccccc2C=NNc2ccc([N+](=O)[O-])cc2)c1. The molecule has 160 valence electrons. The monoisotopic (exact) mass is 419 g/mol. The molecule has 1 N–H and O–H groups in total. The van der Waals surface area contributed by atoms with Crippen molar-refractivity contribution in [2.75, 3.05) is 18.6 Å². The minimum absolute atomic E-state index is 0.0343. The summed E-state index contributed by atoms with van der Waals surface area (Å²) in [7, 11) is 0. The fourth-order valence-electron chi connectivity index (χ4n) is 2.98. The second-order valence-corrected chi connectivity index (χ2v) is 6.92. The van der Waals surface area contributed by atoms with E-state index >= 15 is 0 Å². The summed E-state index contributed by atoms with van der Waals surface area (Å²) in [6.07, 6.45) is 2.61. The molecule has 0 atom stereocenters. The number of benzene rings is 3. The second-order valence-electron chi connectivity index (χ2n) is 6.92. The molecule has 0 radical (unpaired) electrons. The topological polar surface area (TPSA) is 86.0 Å². The third-order valence-electron chi connectivity index (χ3n) is 4.52. The lowest BCUT2D eigenvalue weighted by Crippen LogP contribution is -2.10. The minimum atomic E-state index is -0.438. The molecule has 0 saturated carbocycles. The van der Waals surface area contributed by atoms with Crippen LogP contribution in [0, 0.1) is 17.0 Å². The van der Waals surface area contributed by atoms with Gasteiger partial charge in [0.05, 0.1) is 16.8 Å². The lowest BCUT2D eigenvalue weighted by molar-refractivity contribution is -0.384. The number of hydrogen-bond donors (Lipinski definition) is 1. The predicted octanol–water partition coefficient (Wildman–Crippen LogP) is 5.37. The molecule has 0 aliphatic carbocycles. The van der Waals surface area contributed by atoms with Crippen LogP contribution in [-0.2, 0) is 6.42 Å². The number of nitrogens with zero attached hydrogens (tertiary/aromatic N) is 2. The number of non-ortho nitro benzene ring substituents is 1. The molecule has 0 heterocycles. The molecule has 0 saturated heterocycles. The summed E-state index contributed by atoms with van der Waals surface area (Å²) in [4.78, 5) is 10.3. The zero-order valence-corrected chi connectivity index (χ0v) is 17.6. The van der Waals surface area contributed by atoms with E-state index in [4.69, 9.17) is 9.47 Å². The van der Waals surface area contributed by atoms with Gasteiger partial charge in [-0.05, 0) is 60.9 Å². The first-order valence-electron chi connectivity index (χ1n) is 10.0. The van der Waals surface area contributed by atoms with Gasteiger partial charge in [-0.1, -0.05) is 25.1 Å². The number of ether oxygens (including phenoxy) is 2. The maximum atomic E-state index is 10.7. The number of hydrazone groups is 1. The first-order chi connectivity index (χ1) is 15.0. The van der Waals surface area contributed by atoms with Crippen LogP contribution in [0.2, 0.25) is 0 Å². The highest BCUT2D eigenvalue weighted by Crippen LogP contribution is 2.19. The molecular formula is C24H25N3O4. The zero-order valence-electron chi connectivity index (χ0n) is 17.6. The van der Waals surface area contributed by atoms with E-state index in [0.29, 0.717) is 24.7 Å². The summed E-state index contributed by atoms with van der Waals surface area (Å²) in [6, 6.07) is 19.8. The lowest BCUT2D eigenvalue weighted by Gasteiger charge is -2.11. The Morgan fingerprint density at radius 3 is 2.52 bits per heavy atom. The van der Waals surface area contributed by atoms with Gasteiger partial charge in [0.15, 0.2) is 0 Å². The van der Waals surface area contributed by atoms with Crippen molar-refractivity contribution in [3.63, 3.8) is 0 Å². The fourth-order valence-corrected chi connectivity index (χ4v) is 2.98. The molecule has 0 aliphatic heterocycles. The lowest BCUT2D eigenvalue weighted by atomic mass is 10.1. The van der Waals surface area contributed by atoms with Gasteiger partial charge in [-0.15, -0.1) is 0 Å². The van der Waals surface area contributed by atoms with Gasteiger partial charge in [-0.3, -0.25) is 15.5 Å². The maximum Gasteiger partial charge on any atom is 0.269 e. The van der Waals surface area contributed by atoms with Crippen molar-refractivity contribution in [3.05, 3.63) is 93.5 Å². The Morgan fingerprint density at radius 1 is 1.03 bits per heavy atom. The Hall–Kier alpha value is -3.87. The molecule has 0 spiro atoms. The summed E-state index contributed by atoms with van der Waals surface area (Å²) in [5, 5.41) is 14.9. The molecule has 0 amide bonds. The van der Waals surface area contributed by atoms with Gasteiger partial charge in [-0.25, -0.2) is 0 Å². The maximum absolute atomic E-state index is 10.7. The number of nitro benzene ring substituents is 1. The summed E-state index contributed by atoms with van der Waals surface area (Å²) < 4.78 is 11.7. The van der Waals surface area contributed by atoms with Gasteiger partial charge in [0, 0.05) is 17.7 Å². The van der Waals surface area contributed by atoms with Crippen LogP contribution in [0.3, 0.4) is 0 Å². The van der Waals surface area contributed by atoms with Crippen LogP contribution in [0.1, 0.15) is 23.6 Å². The van der Waals surface area contributed by atoms with Crippen molar-refractivity contribution >= 4 is 17.6 Å². The molecule has 3 aromatic carbocycles. The average molecular weight is 419 g/mol. The first-order valence-corrected chi connectivity index (χ1v) is 10.0. The molecule has 7 nitrogen and oxygen atoms in total. The number of para-hydroxylation sites is 1. The Bertz CT molecular complexity index is 1050.